The highest BCUT2D eigenvalue weighted by Gasteiger charge is 2.20. The van der Waals surface area contributed by atoms with Crippen molar-refractivity contribution in [2.45, 2.75) is 0 Å². The largest absolute Gasteiger partial charge is 0.456 e. The maximum atomic E-state index is 6.54. The van der Waals surface area contributed by atoms with Crippen molar-refractivity contribution >= 4 is 65.0 Å². The molecule has 12 aromatic rings. The molecule has 2 heterocycles. The van der Waals surface area contributed by atoms with Crippen LogP contribution in [0.3, 0.4) is 0 Å². The Hall–Kier alpha value is -7.69. The molecule has 4 heteroatoms. The van der Waals surface area contributed by atoms with Crippen LogP contribution in [-0.2, 0) is 0 Å². The van der Waals surface area contributed by atoms with Crippen LogP contribution < -0.4 is 0 Å². The summed E-state index contributed by atoms with van der Waals surface area (Å²) in [6.45, 7) is 0. The Morgan fingerprint density at radius 3 is 1.79 bits per heavy atom. The van der Waals surface area contributed by atoms with Gasteiger partial charge in [0.1, 0.15) is 11.2 Å². The number of nitrogens with zero attached hydrogens (tertiary/aromatic N) is 3. The Balaban J connectivity index is 1.04. The predicted octanol–water partition coefficient (Wildman–Crippen LogP) is 14.2. The van der Waals surface area contributed by atoms with Gasteiger partial charge in [-0.05, 0) is 102 Å². The summed E-state index contributed by atoms with van der Waals surface area (Å²) in [6, 6.07) is 66.3. The second-order valence-corrected chi connectivity index (χ2v) is 14.8. The van der Waals surface area contributed by atoms with Gasteiger partial charge in [0.25, 0.3) is 0 Å². The van der Waals surface area contributed by atoms with E-state index in [0.29, 0.717) is 17.5 Å². The van der Waals surface area contributed by atoms with Crippen LogP contribution in [0.25, 0.3) is 121 Å². The third kappa shape index (κ3) is 5.12. The molecule has 0 radical (unpaired) electrons. The van der Waals surface area contributed by atoms with E-state index in [1.165, 1.54) is 43.3 Å². The van der Waals surface area contributed by atoms with Crippen LogP contribution in [0.4, 0.5) is 0 Å². The van der Waals surface area contributed by atoms with Crippen LogP contribution in [0, 0.1) is 0 Å². The van der Waals surface area contributed by atoms with E-state index < -0.39 is 0 Å². The fourth-order valence-electron chi connectivity index (χ4n) is 8.70. The first-order valence-corrected chi connectivity index (χ1v) is 19.3. The molecule has 10 aromatic carbocycles. The second-order valence-electron chi connectivity index (χ2n) is 14.8. The molecule has 0 aliphatic heterocycles. The molecule has 0 saturated carbocycles. The van der Waals surface area contributed by atoms with Gasteiger partial charge in [-0.1, -0.05) is 152 Å². The van der Waals surface area contributed by atoms with Crippen molar-refractivity contribution in [1.29, 1.82) is 0 Å². The van der Waals surface area contributed by atoms with Crippen LogP contribution in [0.2, 0.25) is 0 Å². The molecule has 4 nitrogen and oxygen atoms in total. The van der Waals surface area contributed by atoms with Crippen molar-refractivity contribution in [2.75, 3.05) is 0 Å². The van der Waals surface area contributed by atoms with Gasteiger partial charge in [0.2, 0.25) is 0 Å². The smallest absolute Gasteiger partial charge is 0.164 e. The van der Waals surface area contributed by atoms with Crippen LogP contribution in [0.1, 0.15) is 0 Å². The van der Waals surface area contributed by atoms with Crippen LogP contribution in [-0.4, -0.2) is 15.0 Å². The fourth-order valence-corrected chi connectivity index (χ4v) is 8.70. The molecule has 57 heavy (non-hydrogen) atoms. The number of aromatic nitrogens is 3. The maximum Gasteiger partial charge on any atom is 0.164 e. The molecule has 2 aromatic heterocycles. The molecule has 12 rings (SSSR count). The van der Waals surface area contributed by atoms with E-state index in [0.717, 1.165) is 60.7 Å². The third-order valence-electron chi connectivity index (χ3n) is 11.4. The van der Waals surface area contributed by atoms with Gasteiger partial charge in [0.15, 0.2) is 17.5 Å². The highest BCUT2D eigenvalue weighted by Crippen LogP contribution is 2.45. The van der Waals surface area contributed by atoms with Crippen molar-refractivity contribution in [3.8, 4) is 56.4 Å². The lowest BCUT2D eigenvalue weighted by atomic mass is 9.90. The molecule has 0 atom stereocenters. The first-order valence-electron chi connectivity index (χ1n) is 19.3. The first kappa shape index (κ1) is 31.6. The van der Waals surface area contributed by atoms with Crippen molar-refractivity contribution in [3.05, 3.63) is 188 Å². The minimum Gasteiger partial charge on any atom is -0.456 e. The molecule has 0 aliphatic carbocycles. The van der Waals surface area contributed by atoms with Crippen molar-refractivity contribution in [3.63, 3.8) is 0 Å². The lowest BCUT2D eigenvalue weighted by molar-refractivity contribution is 0.669. The minimum absolute atomic E-state index is 0.629. The zero-order valence-corrected chi connectivity index (χ0v) is 30.6. The standard InChI is InChI=1S/C53H31N3O/c1-2-11-32(12-3-1)40-30-46-42-26-25-37(29-45(42)43-20-10-22-47-49(43)50(46)48(31-40)57-47)36-17-8-18-38(28-36)51-54-52(39-24-23-33-13-4-5-15-35(33)27-39)56-53(55-51)44-21-9-16-34-14-6-7-19-41(34)44/h1-31H. The monoisotopic (exact) mass is 725 g/mol. The Morgan fingerprint density at radius 2 is 0.895 bits per heavy atom. The Morgan fingerprint density at radius 1 is 0.281 bits per heavy atom. The van der Waals surface area contributed by atoms with Gasteiger partial charge in [0, 0.05) is 27.5 Å². The van der Waals surface area contributed by atoms with E-state index in [1.54, 1.807) is 0 Å². The lowest BCUT2D eigenvalue weighted by Gasteiger charge is -2.13. The Kier molecular flexibility index (Phi) is 6.89. The Bertz CT molecular complexity index is 3530. The average molecular weight is 726 g/mol. The summed E-state index contributed by atoms with van der Waals surface area (Å²) in [6.07, 6.45) is 0. The number of furan rings is 1. The van der Waals surface area contributed by atoms with Gasteiger partial charge >= 0.3 is 0 Å². The molecule has 0 amide bonds. The summed E-state index contributed by atoms with van der Waals surface area (Å²) in [5, 5.41) is 11.7. The molecule has 0 aliphatic rings. The zero-order valence-electron chi connectivity index (χ0n) is 30.6. The van der Waals surface area contributed by atoms with E-state index in [-0.39, 0.29) is 0 Å². The average Bonchev–Trinajstić information content (AvgIpc) is 3.67. The van der Waals surface area contributed by atoms with E-state index >= 15 is 0 Å². The Labute approximate surface area is 327 Å². The van der Waals surface area contributed by atoms with Crippen molar-refractivity contribution in [2.24, 2.45) is 0 Å². The molecule has 264 valence electrons. The molecular weight excluding hydrogens is 695 g/mol. The molecular formula is C53H31N3O. The number of benzene rings is 10. The van der Waals surface area contributed by atoms with Gasteiger partial charge in [-0.25, -0.2) is 15.0 Å². The topological polar surface area (TPSA) is 51.8 Å². The summed E-state index contributed by atoms with van der Waals surface area (Å²) >= 11 is 0. The lowest BCUT2D eigenvalue weighted by Crippen LogP contribution is -2.00. The molecule has 0 unspecified atom stereocenters. The number of hydrogen-bond donors (Lipinski definition) is 0. The van der Waals surface area contributed by atoms with E-state index in [4.69, 9.17) is 19.4 Å². The molecule has 0 spiro atoms. The number of fused-ring (bicyclic) bond motifs is 5. The van der Waals surface area contributed by atoms with Crippen molar-refractivity contribution < 1.29 is 4.42 Å². The molecule has 0 saturated heterocycles. The third-order valence-corrected chi connectivity index (χ3v) is 11.4. The van der Waals surface area contributed by atoms with Crippen LogP contribution in [0.5, 0.6) is 0 Å². The summed E-state index contributed by atoms with van der Waals surface area (Å²) in [4.78, 5) is 15.5. The normalized spacial score (nSPS) is 11.9. The van der Waals surface area contributed by atoms with E-state index in [9.17, 15) is 0 Å². The van der Waals surface area contributed by atoms with E-state index in [1.807, 2.05) is 0 Å². The molecule has 0 fully saturated rings. The van der Waals surface area contributed by atoms with Gasteiger partial charge in [-0.3, -0.25) is 0 Å². The van der Waals surface area contributed by atoms with Crippen LogP contribution >= 0.6 is 0 Å². The highest BCUT2D eigenvalue weighted by atomic mass is 16.3. The van der Waals surface area contributed by atoms with Gasteiger partial charge < -0.3 is 4.42 Å². The van der Waals surface area contributed by atoms with Crippen LogP contribution in [0.15, 0.2) is 192 Å². The summed E-state index contributed by atoms with van der Waals surface area (Å²) in [5.41, 5.74) is 9.19. The highest BCUT2D eigenvalue weighted by molar-refractivity contribution is 6.33. The summed E-state index contributed by atoms with van der Waals surface area (Å²) in [7, 11) is 0. The summed E-state index contributed by atoms with van der Waals surface area (Å²) in [5.74, 6) is 1.91. The SMILES string of the molecule is c1ccc(-c2cc3oc4cccc5c6cc(-c7cccc(-c8nc(-c9ccc%10ccccc%10c9)nc(-c9cccc%10ccccc9%10)n8)c7)ccc6c(c2)c3c45)cc1. The second kappa shape index (κ2) is 12.4. The maximum absolute atomic E-state index is 6.54. The minimum atomic E-state index is 0.629. The predicted molar refractivity (Wildman–Crippen MR) is 235 cm³/mol. The number of rotatable bonds is 5. The fraction of sp³-hybridized carbons (Fsp3) is 0. The van der Waals surface area contributed by atoms with Crippen molar-refractivity contribution in [1.82, 2.24) is 15.0 Å². The van der Waals surface area contributed by atoms with Gasteiger partial charge in [-0.15, -0.1) is 0 Å². The molecule has 0 bridgehead atoms. The number of hydrogen-bond acceptors (Lipinski definition) is 4. The van der Waals surface area contributed by atoms with Gasteiger partial charge in [0.05, 0.1) is 0 Å². The van der Waals surface area contributed by atoms with Gasteiger partial charge in [-0.2, -0.15) is 0 Å². The first-order chi connectivity index (χ1) is 28.2. The zero-order chi connectivity index (χ0) is 37.5. The molecule has 0 N–H and O–H groups in total. The van der Waals surface area contributed by atoms with E-state index in [2.05, 4.69) is 188 Å². The quantitative estimate of drug-likeness (QED) is 0.166. The summed E-state index contributed by atoms with van der Waals surface area (Å²) < 4.78 is 6.54.